The summed E-state index contributed by atoms with van der Waals surface area (Å²) in [6, 6.07) is 12.8. The molecule has 172 valence electrons. The predicted molar refractivity (Wildman–Crippen MR) is 128 cm³/mol. The minimum absolute atomic E-state index is 0.0417. The number of aromatic nitrogens is 1. The molecule has 0 spiro atoms. The van der Waals surface area contributed by atoms with Gasteiger partial charge in [-0.3, -0.25) is 9.88 Å². The Morgan fingerprint density at radius 3 is 2.41 bits per heavy atom. The maximum absolute atomic E-state index is 13.3. The maximum Gasteiger partial charge on any atom is 0.318 e. The molecule has 1 aromatic heterocycles. The minimum Gasteiger partial charge on any atom is -0.334 e. The van der Waals surface area contributed by atoms with Crippen LogP contribution < -0.4 is 5.32 Å². The zero-order valence-electron chi connectivity index (χ0n) is 19.4. The Hall–Kier alpha value is -2.44. The van der Waals surface area contributed by atoms with Crippen molar-refractivity contribution >= 4 is 6.03 Å². The van der Waals surface area contributed by atoms with E-state index in [4.69, 9.17) is 0 Å². The summed E-state index contributed by atoms with van der Waals surface area (Å²) in [4.78, 5) is 24.5. The van der Waals surface area contributed by atoms with Crippen LogP contribution in [0, 0.1) is 0 Å². The second-order valence-electron chi connectivity index (χ2n) is 8.98. The monoisotopic (exact) mass is 435 g/mol. The molecule has 2 aliphatic heterocycles. The van der Waals surface area contributed by atoms with E-state index in [1.54, 1.807) is 0 Å². The first-order valence-electron chi connectivity index (χ1n) is 12.2. The molecule has 1 atom stereocenters. The van der Waals surface area contributed by atoms with Crippen molar-refractivity contribution in [2.45, 2.75) is 51.7 Å². The van der Waals surface area contributed by atoms with E-state index in [-0.39, 0.29) is 12.1 Å². The smallest absolute Gasteiger partial charge is 0.318 e. The third kappa shape index (κ3) is 5.87. The number of carbonyl (C=O) groups excluding carboxylic acids is 1. The standard InChI is InChI=1S/C26H37N5O/c1-2-29-16-18-30(19-17-29)21-24-9-6-5-8-23(24)20-28-26(32)31-15-7-3-4-10-25(31)22-11-13-27-14-12-22/h5-6,8-9,11-14,25H,2-4,7,10,15-21H2,1H3,(H,28,32). The highest BCUT2D eigenvalue weighted by Gasteiger charge is 2.26. The fourth-order valence-corrected chi connectivity index (χ4v) is 4.94. The second-order valence-corrected chi connectivity index (χ2v) is 8.98. The molecule has 1 N–H and O–H groups in total. The van der Waals surface area contributed by atoms with Crippen LogP contribution in [-0.4, -0.2) is 65.0 Å². The van der Waals surface area contributed by atoms with Crippen molar-refractivity contribution in [1.82, 2.24) is 25.0 Å². The van der Waals surface area contributed by atoms with Gasteiger partial charge in [0.25, 0.3) is 0 Å². The number of pyridine rings is 1. The number of urea groups is 1. The Morgan fingerprint density at radius 1 is 0.938 bits per heavy atom. The van der Waals surface area contributed by atoms with Gasteiger partial charge in [-0.2, -0.15) is 0 Å². The topological polar surface area (TPSA) is 51.7 Å². The molecule has 0 bridgehead atoms. The molecule has 2 saturated heterocycles. The van der Waals surface area contributed by atoms with Crippen LogP contribution in [-0.2, 0) is 13.1 Å². The summed E-state index contributed by atoms with van der Waals surface area (Å²) in [6.45, 7) is 10.2. The van der Waals surface area contributed by atoms with Crippen LogP contribution in [0.3, 0.4) is 0 Å². The molecular weight excluding hydrogens is 398 g/mol. The zero-order chi connectivity index (χ0) is 22.2. The van der Waals surface area contributed by atoms with Crippen molar-refractivity contribution in [3.05, 3.63) is 65.5 Å². The number of rotatable bonds is 6. The Kier molecular flexibility index (Phi) is 8.13. The van der Waals surface area contributed by atoms with Crippen LogP contribution in [0.25, 0.3) is 0 Å². The van der Waals surface area contributed by atoms with Gasteiger partial charge in [-0.15, -0.1) is 0 Å². The van der Waals surface area contributed by atoms with E-state index < -0.39 is 0 Å². The SMILES string of the molecule is CCN1CCN(Cc2ccccc2CNC(=O)N2CCCCCC2c2ccncc2)CC1. The van der Waals surface area contributed by atoms with E-state index in [9.17, 15) is 4.79 Å². The molecule has 1 aromatic carbocycles. The number of nitrogens with one attached hydrogen (secondary N) is 1. The first-order chi connectivity index (χ1) is 15.7. The van der Waals surface area contributed by atoms with Crippen molar-refractivity contribution in [2.24, 2.45) is 0 Å². The van der Waals surface area contributed by atoms with Gasteiger partial charge in [0.05, 0.1) is 6.04 Å². The number of amides is 2. The van der Waals surface area contributed by atoms with Crippen LogP contribution >= 0.6 is 0 Å². The van der Waals surface area contributed by atoms with Crippen LogP contribution in [0.2, 0.25) is 0 Å². The van der Waals surface area contributed by atoms with Crippen LogP contribution in [0.15, 0.2) is 48.8 Å². The number of hydrogen-bond donors (Lipinski definition) is 1. The Bertz CT molecular complexity index is 850. The first kappa shape index (κ1) is 22.7. The first-order valence-corrected chi connectivity index (χ1v) is 12.2. The molecule has 2 fully saturated rings. The summed E-state index contributed by atoms with van der Waals surface area (Å²) >= 11 is 0. The molecule has 1 unspecified atom stereocenters. The highest BCUT2D eigenvalue weighted by molar-refractivity contribution is 5.75. The van der Waals surface area contributed by atoms with Gasteiger partial charge in [-0.25, -0.2) is 4.79 Å². The molecule has 2 aromatic rings. The summed E-state index contributed by atoms with van der Waals surface area (Å²) < 4.78 is 0. The van der Waals surface area contributed by atoms with Gasteiger partial charge < -0.3 is 15.1 Å². The highest BCUT2D eigenvalue weighted by Crippen LogP contribution is 2.29. The fraction of sp³-hybridized carbons (Fsp3) is 0.538. The quantitative estimate of drug-likeness (QED) is 0.744. The van der Waals surface area contributed by atoms with Crippen LogP contribution in [0.5, 0.6) is 0 Å². The summed E-state index contributed by atoms with van der Waals surface area (Å²) in [6.07, 6.45) is 8.07. The number of likely N-dealkylation sites (tertiary alicyclic amines) is 1. The van der Waals surface area contributed by atoms with Crippen molar-refractivity contribution < 1.29 is 4.79 Å². The summed E-state index contributed by atoms with van der Waals surface area (Å²) in [7, 11) is 0. The molecule has 32 heavy (non-hydrogen) atoms. The van der Waals surface area contributed by atoms with Crippen molar-refractivity contribution in [1.29, 1.82) is 0 Å². The molecule has 3 heterocycles. The number of benzene rings is 1. The average Bonchev–Trinajstić information content (AvgIpc) is 3.11. The summed E-state index contributed by atoms with van der Waals surface area (Å²) in [5.41, 5.74) is 3.72. The highest BCUT2D eigenvalue weighted by atomic mass is 16.2. The molecule has 2 amide bonds. The number of piperazine rings is 1. The predicted octanol–water partition coefficient (Wildman–Crippen LogP) is 4.05. The Labute approximate surface area is 192 Å². The van der Waals surface area contributed by atoms with Gasteiger partial charge in [-0.05, 0) is 48.2 Å². The fourth-order valence-electron chi connectivity index (χ4n) is 4.94. The Morgan fingerprint density at radius 2 is 1.66 bits per heavy atom. The van der Waals surface area contributed by atoms with Crippen molar-refractivity contribution in [3.8, 4) is 0 Å². The minimum atomic E-state index is 0.0417. The van der Waals surface area contributed by atoms with E-state index in [0.717, 1.165) is 65.1 Å². The van der Waals surface area contributed by atoms with Gasteiger partial charge in [0.15, 0.2) is 0 Å². The molecule has 0 radical (unpaired) electrons. The zero-order valence-corrected chi connectivity index (χ0v) is 19.4. The molecular formula is C26H37N5O. The second kappa shape index (κ2) is 11.4. The number of hydrogen-bond acceptors (Lipinski definition) is 4. The lowest BCUT2D eigenvalue weighted by Crippen LogP contribution is -2.45. The molecule has 0 aliphatic carbocycles. The maximum atomic E-state index is 13.3. The largest absolute Gasteiger partial charge is 0.334 e. The van der Waals surface area contributed by atoms with Crippen LogP contribution in [0.1, 0.15) is 55.3 Å². The summed E-state index contributed by atoms with van der Waals surface area (Å²) in [5, 5.41) is 3.23. The molecule has 4 rings (SSSR count). The van der Waals surface area contributed by atoms with E-state index >= 15 is 0 Å². The van der Waals surface area contributed by atoms with E-state index in [2.05, 4.69) is 51.3 Å². The van der Waals surface area contributed by atoms with Crippen LogP contribution in [0.4, 0.5) is 4.79 Å². The molecule has 6 nitrogen and oxygen atoms in total. The van der Waals surface area contributed by atoms with Gasteiger partial charge in [0, 0.05) is 58.2 Å². The summed E-state index contributed by atoms with van der Waals surface area (Å²) in [5.74, 6) is 0. The molecule has 6 heteroatoms. The van der Waals surface area contributed by atoms with E-state index in [0.29, 0.717) is 6.54 Å². The lowest BCUT2D eigenvalue weighted by atomic mass is 10.0. The molecule has 2 aliphatic rings. The van der Waals surface area contributed by atoms with Crippen molar-refractivity contribution in [2.75, 3.05) is 39.3 Å². The lowest BCUT2D eigenvalue weighted by molar-refractivity contribution is 0.131. The number of likely N-dealkylation sites (N-methyl/N-ethyl adjacent to an activating group) is 1. The average molecular weight is 436 g/mol. The Balaban J connectivity index is 1.39. The van der Waals surface area contributed by atoms with Gasteiger partial charge >= 0.3 is 6.03 Å². The number of nitrogens with zero attached hydrogens (tertiary/aromatic N) is 4. The number of carbonyl (C=O) groups is 1. The lowest BCUT2D eigenvalue weighted by Gasteiger charge is -2.34. The van der Waals surface area contributed by atoms with Gasteiger partial charge in [-0.1, -0.05) is 44.0 Å². The van der Waals surface area contributed by atoms with Gasteiger partial charge in [0.1, 0.15) is 0 Å². The normalized spacial score (nSPS) is 20.7. The van der Waals surface area contributed by atoms with E-state index in [1.807, 2.05) is 29.4 Å². The molecule has 0 saturated carbocycles. The third-order valence-corrected chi connectivity index (χ3v) is 6.96. The third-order valence-electron chi connectivity index (χ3n) is 6.96. The van der Waals surface area contributed by atoms with Crippen molar-refractivity contribution in [3.63, 3.8) is 0 Å². The van der Waals surface area contributed by atoms with E-state index in [1.165, 1.54) is 23.1 Å². The van der Waals surface area contributed by atoms with Gasteiger partial charge in [0.2, 0.25) is 0 Å².